The van der Waals surface area contributed by atoms with Crippen molar-refractivity contribution in [2.75, 3.05) is 12.0 Å². The lowest BCUT2D eigenvalue weighted by Crippen LogP contribution is -2.58. The number of carbonyl (C=O) groups is 1. The topological polar surface area (TPSA) is 87.0 Å². The fourth-order valence-electron chi connectivity index (χ4n) is 3.11. The van der Waals surface area contributed by atoms with Crippen molar-refractivity contribution in [1.82, 2.24) is 15.6 Å². The van der Waals surface area contributed by atoms with Gasteiger partial charge in [-0.05, 0) is 62.4 Å². The standard InChI is InChI=1S/C25H26F2N4O2S2/c1-3-6-22(25(26,27)33-19-8-10-20(34-2)11-9-19)30-21(23(32)31-24(17-28)12-13-24)16-35-15-18-7-4-5-14-29-18/h4-5,7-11,14,21-22,30H,12-13,15-16H2,1-2H3,(H,31,32)/t21-,22-/m0/s1. The number of pyridine rings is 1. The predicted molar refractivity (Wildman–Crippen MR) is 134 cm³/mol. The Morgan fingerprint density at radius 1 is 1.29 bits per heavy atom. The minimum absolute atomic E-state index is 0.00977. The Kier molecular flexibility index (Phi) is 9.39. The van der Waals surface area contributed by atoms with Crippen molar-refractivity contribution in [1.29, 1.82) is 5.26 Å². The summed E-state index contributed by atoms with van der Waals surface area (Å²) in [5, 5.41) is 14.7. The van der Waals surface area contributed by atoms with Gasteiger partial charge in [-0.2, -0.15) is 25.8 Å². The Morgan fingerprint density at radius 3 is 2.60 bits per heavy atom. The lowest BCUT2D eigenvalue weighted by atomic mass is 10.2. The summed E-state index contributed by atoms with van der Waals surface area (Å²) in [6.07, 6.45) is 0.897. The van der Waals surface area contributed by atoms with E-state index in [0.717, 1.165) is 10.6 Å². The van der Waals surface area contributed by atoms with Gasteiger partial charge in [0, 0.05) is 22.6 Å². The van der Waals surface area contributed by atoms with Crippen molar-refractivity contribution in [2.45, 2.75) is 54.1 Å². The molecule has 1 saturated carbocycles. The monoisotopic (exact) mass is 516 g/mol. The summed E-state index contributed by atoms with van der Waals surface area (Å²) >= 11 is 2.86. The smallest absolute Gasteiger partial charge is 0.425 e. The molecule has 35 heavy (non-hydrogen) atoms. The first-order chi connectivity index (χ1) is 16.8. The molecule has 6 nitrogen and oxygen atoms in total. The number of nitrogens with zero attached hydrogens (tertiary/aromatic N) is 2. The summed E-state index contributed by atoms with van der Waals surface area (Å²) in [5.41, 5.74) is -0.119. The molecule has 1 amide bonds. The van der Waals surface area contributed by atoms with Gasteiger partial charge in [-0.25, -0.2) is 0 Å². The fraction of sp³-hybridized carbons (Fsp3) is 0.400. The molecule has 0 unspecified atom stereocenters. The van der Waals surface area contributed by atoms with Crippen LogP contribution >= 0.6 is 23.5 Å². The number of carbonyl (C=O) groups excluding carboxylic acids is 1. The van der Waals surface area contributed by atoms with Gasteiger partial charge in [0.2, 0.25) is 5.91 Å². The third-order valence-corrected chi connectivity index (χ3v) is 7.02. The van der Waals surface area contributed by atoms with Crippen molar-refractivity contribution in [3.05, 3.63) is 54.4 Å². The largest absolute Gasteiger partial charge is 0.431 e. The summed E-state index contributed by atoms with van der Waals surface area (Å²) in [5.74, 6) is 5.07. The van der Waals surface area contributed by atoms with Crippen LogP contribution in [-0.2, 0) is 10.5 Å². The molecule has 1 aliphatic rings. The highest BCUT2D eigenvalue weighted by molar-refractivity contribution is 7.98. The van der Waals surface area contributed by atoms with Crippen molar-refractivity contribution < 1.29 is 18.3 Å². The maximum atomic E-state index is 15.2. The number of nitrogens with one attached hydrogen (secondary N) is 2. The van der Waals surface area contributed by atoms with Crippen LogP contribution in [0, 0.1) is 23.2 Å². The van der Waals surface area contributed by atoms with Crippen LogP contribution in [0.2, 0.25) is 0 Å². The third kappa shape index (κ3) is 7.86. The molecule has 1 aromatic carbocycles. The van der Waals surface area contributed by atoms with Gasteiger partial charge in [-0.1, -0.05) is 12.0 Å². The first kappa shape index (κ1) is 26.8. The number of hydrogen-bond acceptors (Lipinski definition) is 7. The van der Waals surface area contributed by atoms with E-state index in [4.69, 9.17) is 4.74 Å². The van der Waals surface area contributed by atoms with Crippen LogP contribution < -0.4 is 15.4 Å². The number of amides is 1. The minimum Gasteiger partial charge on any atom is -0.431 e. The molecule has 3 rings (SSSR count). The Balaban J connectivity index is 1.74. The molecular formula is C25H26F2N4O2S2. The average molecular weight is 517 g/mol. The Morgan fingerprint density at radius 2 is 2.03 bits per heavy atom. The van der Waals surface area contributed by atoms with Crippen molar-refractivity contribution in [2.24, 2.45) is 0 Å². The number of rotatable bonds is 12. The highest BCUT2D eigenvalue weighted by atomic mass is 32.2. The highest BCUT2D eigenvalue weighted by Crippen LogP contribution is 2.34. The molecular weight excluding hydrogens is 490 g/mol. The lowest BCUT2D eigenvalue weighted by molar-refractivity contribution is -0.188. The summed E-state index contributed by atoms with van der Waals surface area (Å²) in [6.45, 7) is 1.44. The lowest BCUT2D eigenvalue weighted by Gasteiger charge is -2.28. The molecule has 1 aromatic heterocycles. The second-order valence-corrected chi connectivity index (χ2v) is 9.82. The third-order valence-electron chi connectivity index (χ3n) is 5.21. The first-order valence-electron chi connectivity index (χ1n) is 10.9. The summed E-state index contributed by atoms with van der Waals surface area (Å²) in [6, 6.07) is 11.1. The first-order valence-corrected chi connectivity index (χ1v) is 13.3. The molecule has 0 saturated heterocycles. The van der Waals surface area contributed by atoms with Crippen molar-refractivity contribution >= 4 is 29.4 Å². The number of benzene rings is 1. The number of halogens is 2. The molecule has 184 valence electrons. The molecule has 0 radical (unpaired) electrons. The van der Waals surface area contributed by atoms with Gasteiger partial charge >= 0.3 is 6.11 Å². The normalized spacial score (nSPS) is 15.6. The van der Waals surface area contributed by atoms with Gasteiger partial charge in [0.05, 0.1) is 17.8 Å². The molecule has 2 N–H and O–H groups in total. The second kappa shape index (κ2) is 12.3. The van der Waals surface area contributed by atoms with E-state index in [1.807, 2.05) is 18.4 Å². The van der Waals surface area contributed by atoms with Crippen LogP contribution in [-0.4, -0.2) is 46.6 Å². The summed E-state index contributed by atoms with van der Waals surface area (Å²) in [7, 11) is 0. The minimum atomic E-state index is -3.72. The van der Waals surface area contributed by atoms with Crippen LogP contribution in [0.25, 0.3) is 0 Å². The van der Waals surface area contributed by atoms with Gasteiger partial charge in [-0.15, -0.1) is 17.7 Å². The summed E-state index contributed by atoms with van der Waals surface area (Å²) in [4.78, 5) is 18.2. The molecule has 2 atom stereocenters. The van der Waals surface area contributed by atoms with Crippen LogP contribution in [0.5, 0.6) is 5.75 Å². The van der Waals surface area contributed by atoms with E-state index in [9.17, 15) is 10.1 Å². The zero-order chi connectivity index (χ0) is 25.3. The maximum Gasteiger partial charge on any atom is 0.425 e. The zero-order valence-corrected chi connectivity index (χ0v) is 21.0. The van der Waals surface area contributed by atoms with Gasteiger partial charge in [0.25, 0.3) is 0 Å². The Hall–Kier alpha value is -2.79. The number of nitriles is 1. The molecule has 10 heteroatoms. The van der Waals surface area contributed by atoms with E-state index in [1.54, 1.807) is 24.4 Å². The van der Waals surface area contributed by atoms with Gasteiger partial charge in [0.15, 0.2) is 6.04 Å². The Bertz CT molecular complexity index is 1090. The molecule has 1 aliphatic carbocycles. The number of thioether (sulfide) groups is 2. The van der Waals surface area contributed by atoms with E-state index < -0.39 is 29.6 Å². The predicted octanol–water partition coefficient (Wildman–Crippen LogP) is 4.23. The number of alkyl halides is 2. The van der Waals surface area contributed by atoms with Gasteiger partial charge in [0.1, 0.15) is 11.3 Å². The van der Waals surface area contributed by atoms with E-state index in [1.165, 1.54) is 42.6 Å². The van der Waals surface area contributed by atoms with E-state index in [-0.39, 0.29) is 11.5 Å². The van der Waals surface area contributed by atoms with Crippen LogP contribution in [0.15, 0.2) is 53.6 Å². The molecule has 0 aliphatic heterocycles. The highest BCUT2D eigenvalue weighted by Gasteiger charge is 2.47. The molecule has 1 fully saturated rings. The van der Waals surface area contributed by atoms with Gasteiger partial charge in [-0.3, -0.25) is 15.1 Å². The van der Waals surface area contributed by atoms with Crippen LogP contribution in [0.3, 0.4) is 0 Å². The maximum absolute atomic E-state index is 15.2. The van der Waals surface area contributed by atoms with Crippen LogP contribution in [0.1, 0.15) is 25.5 Å². The average Bonchev–Trinajstić information content (AvgIpc) is 3.63. The van der Waals surface area contributed by atoms with E-state index in [0.29, 0.717) is 18.6 Å². The number of aromatic nitrogens is 1. The van der Waals surface area contributed by atoms with Crippen LogP contribution in [0.4, 0.5) is 8.78 Å². The van der Waals surface area contributed by atoms with E-state index in [2.05, 4.69) is 33.5 Å². The molecule has 1 heterocycles. The van der Waals surface area contributed by atoms with Gasteiger partial charge < -0.3 is 10.1 Å². The molecule has 0 bridgehead atoms. The van der Waals surface area contributed by atoms with E-state index >= 15 is 8.78 Å². The Labute approximate surface area is 212 Å². The molecule has 2 aromatic rings. The quantitative estimate of drug-likeness (QED) is 0.323. The number of ether oxygens (including phenoxy) is 1. The molecule has 0 spiro atoms. The SMILES string of the molecule is CC#C[C@H](N[C@@H](CSCc1ccccn1)C(=O)NC1(C#N)CC1)C(F)(F)Oc1ccc(SC)cc1. The zero-order valence-electron chi connectivity index (χ0n) is 19.4. The number of hydrogen-bond donors (Lipinski definition) is 2. The van der Waals surface area contributed by atoms with Crippen molar-refractivity contribution in [3.63, 3.8) is 0 Å². The second-order valence-electron chi connectivity index (χ2n) is 7.91. The fourth-order valence-corrected chi connectivity index (χ4v) is 4.49. The summed E-state index contributed by atoms with van der Waals surface area (Å²) < 4.78 is 35.4. The van der Waals surface area contributed by atoms with Crippen molar-refractivity contribution in [3.8, 4) is 23.7 Å².